The second kappa shape index (κ2) is 6.11. The van der Waals surface area contributed by atoms with Gasteiger partial charge in [0.2, 0.25) is 0 Å². The highest BCUT2D eigenvalue weighted by Gasteiger charge is 2.32. The van der Waals surface area contributed by atoms with Crippen LogP contribution in [-0.4, -0.2) is 18.0 Å². The van der Waals surface area contributed by atoms with Crippen LogP contribution in [0.2, 0.25) is 10.0 Å². The van der Waals surface area contributed by atoms with Gasteiger partial charge in [-0.2, -0.15) is 0 Å². The Kier molecular flexibility index (Phi) is 5.29. The number of amides is 1. The number of hydrogen-bond acceptors (Lipinski definition) is 2. The van der Waals surface area contributed by atoms with Crippen molar-refractivity contribution in [1.82, 2.24) is 5.32 Å². The van der Waals surface area contributed by atoms with Crippen LogP contribution >= 0.6 is 35.6 Å². The van der Waals surface area contributed by atoms with Crippen LogP contribution in [-0.2, 0) is 0 Å². The molecule has 1 aliphatic rings. The molecule has 0 bridgehead atoms. The van der Waals surface area contributed by atoms with Crippen LogP contribution in [0.5, 0.6) is 0 Å². The van der Waals surface area contributed by atoms with Crippen LogP contribution in [0.25, 0.3) is 0 Å². The van der Waals surface area contributed by atoms with Crippen LogP contribution < -0.4 is 11.1 Å². The van der Waals surface area contributed by atoms with E-state index in [1.807, 2.05) is 0 Å². The Balaban J connectivity index is 0.00000162. The van der Waals surface area contributed by atoms with Gasteiger partial charge in [0.25, 0.3) is 5.91 Å². The van der Waals surface area contributed by atoms with Gasteiger partial charge in [-0.15, -0.1) is 12.4 Å². The molecule has 1 aromatic carbocycles. The topological polar surface area (TPSA) is 55.1 Å². The van der Waals surface area contributed by atoms with Gasteiger partial charge in [-0.3, -0.25) is 4.79 Å². The summed E-state index contributed by atoms with van der Waals surface area (Å²) in [6, 6.07) is 4.82. The largest absolute Gasteiger partial charge is 0.350 e. The van der Waals surface area contributed by atoms with E-state index in [0.29, 0.717) is 22.2 Å². The van der Waals surface area contributed by atoms with Gasteiger partial charge in [0.05, 0.1) is 10.6 Å². The summed E-state index contributed by atoms with van der Waals surface area (Å²) in [6.07, 6.45) is 3.04. The third-order valence-electron chi connectivity index (χ3n) is 3.12. The van der Waals surface area contributed by atoms with E-state index >= 15 is 0 Å². The van der Waals surface area contributed by atoms with E-state index < -0.39 is 0 Å². The zero-order chi connectivity index (χ0) is 12.5. The van der Waals surface area contributed by atoms with Crippen LogP contribution in [0.1, 0.15) is 29.6 Å². The van der Waals surface area contributed by atoms with Crippen molar-refractivity contribution in [1.29, 1.82) is 0 Å². The predicted octanol–water partition coefficient (Wildman–Crippen LogP) is 3.03. The fourth-order valence-corrected chi connectivity index (χ4v) is 2.21. The van der Waals surface area contributed by atoms with Crippen molar-refractivity contribution < 1.29 is 4.79 Å². The summed E-state index contributed by atoms with van der Waals surface area (Å²) in [5.74, 6) is -0.228. The van der Waals surface area contributed by atoms with E-state index in [1.165, 1.54) is 0 Å². The van der Waals surface area contributed by atoms with Gasteiger partial charge < -0.3 is 11.1 Å². The standard InChI is InChI=1S/C12H14Cl2N2O.ClH/c13-8-2-3-10(14)9(6-8)11(17)16-7-12(15)4-1-5-12;/h2-3,6H,1,4-5,7,15H2,(H,16,17);1H. The van der Waals surface area contributed by atoms with Crippen molar-refractivity contribution in [2.45, 2.75) is 24.8 Å². The highest BCUT2D eigenvalue weighted by molar-refractivity contribution is 6.35. The predicted molar refractivity (Wildman–Crippen MR) is 76.8 cm³/mol. The summed E-state index contributed by atoms with van der Waals surface area (Å²) in [6.45, 7) is 0.481. The van der Waals surface area contributed by atoms with Gasteiger partial charge in [0, 0.05) is 17.1 Å². The van der Waals surface area contributed by atoms with Crippen molar-refractivity contribution in [3.05, 3.63) is 33.8 Å². The maximum Gasteiger partial charge on any atom is 0.252 e. The maximum absolute atomic E-state index is 11.9. The van der Waals surface area contributed by atoms with E-state index in [2.05, 4.69) is 5.32 Å². The van der Waals surface area contributed by atoms with Crippen molar-refractivity contribution in [2.75, 3.05) is 6.54 Å². The quantitative estimate of drug-likeness (QED) is 0.901. The van der Waals surface area contributed by atoms with Gasteiger partial charge in [0.1, 0.15) is 0 Å². The Morgan fingerprint density at radius 3 is 2.61 bits per heavy atom. The smallest absolute Gasteiger partial charge is 0.252 e. The zero-order valence-electron chi connectivity index (χ0n) is 9.71. The lowest BCUT2D eigenvalue weighted by atomic mass is 9.78. The van der Waals surface area contributed by atoms with Crippen LogP contribution in [0, 0.1) is 0 Å². The Morgan fingerprint density at radius 1 is 1.39 bits per heavy atom. The van der Waals surface area contributed by atoms with Gasteiger partial charge >= 0.3 is 0 Å². The first-order valence-corrected chi connectivity index (χ1v) is 6.28. The first-order valence-electron chi connectivity index (χ1n) is 5.52. The molecule has 18 heavy (non-hydrogen) atoms. The zero-order valence-corrected chi connectivity index (χ0v) is 12.0. The lowest BCUT2D eigenvalue weighted by Gasteiger charge is -2.38. The molecular formula is C12H15Cl3N2O. The lowest BCUT2D eigenvalue weighted by molar-refractivity contribution is 0.0930. The SMILES string of the molecule is Cl.NC1(CNC(=O)c2cc(Cl)ccc2Cl)CCC1. The molecule has 0 aromatic heterocycles. The third kappa shape index (κ3) is 3.51. The number of rotatable bonds is 3. The number of benzene rings is 1. The van der Waals surface area contributed by atoms with Crippen molar-refractivity contribution in [3.8, 4) is 0 Å². The summed E-state index contributed by atoms with van der Waals surface area (Å²) in [7, 11) is 0. The van der Waals surface area contributed by atoms with Crippen LogP contribution in [0.15, 0.2) is 18.2 Å². The third-order valence-corrected chi connectivity index (χ3v) is 3.69. The number of carbonyl (C=O) groups excluding carboxylic acids is 1. The maximum atomic E-state index is 11.9. The van der Waals surface area contributed by atoms with Crippen molar-refractivity contribution >= 4 is 41.5 Å². The molecule has 6 heteroatoms. The van der Waals surface area contributed by atoms with E-state index in [0.717, 1.165) is 19.3 Å². The minimum Gasteiger partial charge on any atom is -0.350 e. The minimum absolute atomic E-state index is 0. The fourth-order valence-electron chi connectivity index (χ4n) is 1.83. The molecule has 1 aromatic rings. The fraction of sp³-hybridized carbons (Fsp3) is 0.417. The molecule has 0 saturated heterocycles. The summed E-state index contributed by atoms with van der Waals surface area (Å²) >= 11 is 11.8. The summed E-state index contributed by atoms with van der Waals surface area (Å²) in [5.41, 5.74) is 6.18. The summed E-state index contributed by atoms with van der Waals surface area (Å²) in [5, 5.41) is 3.69. The molecule has 1 aliphatic carbocycles. The normalized spacial score (nSPS) is 16.4. The molecule has 1 saturated carbocycles. The van der Waals surface area contributed by atoms with Crippen molar-refractivity contribution in [2.24, 2.45) is 5.73 Å². The molecule has 0 spiro atoms. The molecule has 3 nitrogen and oxygen atoms in total. The van der Waals surface area contributed by atoms with E-state index in [9.17, 15) is 4.79 Å². The molecule has 0 radical (unpaired) electrons. The first kappa shape index (κ1) is 15.6. The van der Waals surface area contributed by atoms with E-state index in [-0.39, 0.29) is 23.9 Å². The molecule has 0 heterocycles. The highest BCUT2D eigenvalue weighted by Crippen LogP contribution is 2.28. The molecular weight excluding hydrogens is 295 g/mol. The molecule has 100 valence electrons. The second-order valence-corrected chi connectivity index (χ2v) is 5.37. The van der Waals surface area contributed by atoms with E-state index in [4.69, 9.17) is 28.9 Å². The van der Waals surface area contributed by atoms with Gasteiger partial charge in [-0.25, -0.2) is 0 Å². The molecule has 3 N–H and O–H groups in total. The van der Waals surface area contributed by atoms with Crippen molar-refractivity contribution in [3.63, 3.8) is 0 Å². The molecule has 0 unspecified atom stereocenters. The molecule has 1 amide bonds. The summed E-state index contributed by atoms with van der Waals surface area (Å²) < 4.78 is 0. The van der Waals surface area contributed by atoms with Gasteiger partial charge in [-0.05, 0) is 37.5 Å². The Bertz CT molecular complexity index is 447. The second-order valence-electron chi connectivity index (χ2n) is 4.52. The molecule has 2 rings (SSSR count). The van der Waals surface area contributed by atoms with Crippen LogP contribution in [0.3, 0.4) is 0 Å². The Labute approximate surface area is 122 Å². The number of halogens is 3. The van der Waals surface area contributed by atoms with E-state index in [1.54, 1.807) is 18.2 Å². The Morgan fingerprint density at radius 2 is 2.06 bits per heavy atom. The van der Waals surface area contributed by atoms with Gasteiger partial charge in [-0.1, -0.05) is 23.2 Å². The number of carbonyl (C=O) groups is 1. The Hall–Kier alpha value is -0.480. The van der Waals surface area contributed by atoms with Gasteiger partial charge in [0.15, 0.2) is 0 Å². The number of nitrogens with two attached hydrogens (primary N) is 1. The number of hydrogen-bond donors (Lipinski definition) is 2. The number of nitrogens with one attached hydrogen (secondary N) is 1. The van der Waals surface area contributed by atoms with Crippen LogP contribution in [0.4, 0.5) is 0 Å². The highest BCUT2D eigenvalue weighted by atomic mass is 35.5. The first-order chi connectivity index (χ1) is 8.00. The monoisotopic (exact) mass is 308 g/mol. The molecule has 0 atom stereocenters. The minimum atomic E-state index is -0.235. The lowest BCUT2D eigenvalue weighted by Crippen LogP contribution is -2.54. The average Bonchev–Trinajstić information content (AvgIpc) is 2.26. The molecule has 1 fully saturated rings. The average molecular weight is 310 g/mol. The molecule has 0 aliphatic heterocycles. The summed E-state index contributed by atoms with van der Waals surface area (Å²) in [4.78, 5) is 11.9.